The number of unbranched alkanes of at least 4 members (excludes halogenated alkanes) is 1. The minimum Gasteiger partial charge on any atom is -0.469 e. The molecule has 0 aromatic carbocycles. The predicted molar refractivity (Wildman–Crippen MR) is 114 cm³/mol. The number of hydrogen-bond acceptors (Lipinski definition) is 7. The van der Waals surface area contributed by atoms with Crippen LogP contribution in [0.3, 0.4) is 0 Å². The summed E-state index contributed by atoms with van der Waals surface area (Å²) in [6.07, 6.45) is 14.1. The first kappa shape index (κ1) is 24.4. The average molecular weight is 439 g/mol. The Bertz CT molecular complexity index is 566. The third-order valence-electron chi connectivity index (χ3n) is 6.51. The molecule has 176 valence electrons. The van der Waals surface area contributed by atoms with Crippen LogP contribution in [0, 0.1) is 11.8 Å². The molecular formula is C24H38O7. The summed E-state index contributed by atoms with van der Waals surface area (Å²) in [6, 6.07) is 0. The van der Waals surface area contributed by atoms with E-state index in [0.29, 0.717) is 12.8 Å². The topological polar surface area (TPSA) is 80.3 Å². The van der Waals surface area contributed by atoms with Crippen LogP contribution >= 0.6 is 0 Å². The number of rotatable bonds is 11. The Morgan fingerprint density at radius 1 is 0.968 bits per heavy atom. The van der Waals surface area contributed by atoms with Crippen molar-refractivity contribution in [2.45, 2.75) is 95.4 Å². The summed E-state index contributed by atoms with van der Waals surface area (Å²) in [7, 11) is 1.41. The molecule has 3 fully saturated rings. The molecule has 1 saturated carbocycles. The van der Waals surface area contributed by atoms with Crippen LogP contribution in [-0.2, 0) is 33.3 Å². The molecule has 2 saturated heterocycles. The molecule has 0 bridgehead atoms. The van der Waals surface area contributed by atoms with E-state index >= 15 is 0 Å². The Morgan fingerprint density at radius 3 is 2.23 bits per heavy atom. The van der Waals surface area contributed by atoms with Crippen LogP contribution in [-0.4, -0.2) is 57.4 Å². The standard InChI is InChI=1S/C24H38O7/c1-27-22(26)11-5-3-2-4-10-18-19(17-25)21(31-24-13-7-9-15-29-24)16-20(18)30-23-12-6-8-14-28-23/h2,4,17-21,23-24H,3,5-16H2,1H3/b4-2-/t18-,19?,20+,21-,23?,24?/m1/s1. The number of carbonyl (C=O) groups is 2. The van der Waals surface area contributed by atoms with Gasteiger partial charge in [0.15, 0.2) is 12.6 Å². The first-order valence-corrected chi connectivity index (χ1v) is 11.9. The highest BCUT2D eigenvalue weighted by molar-refractivity contribution is 5.69. The van der Waals surface area contributed by atoms with E-state index in [2.05, 4.69) is 16.9 Å². The van der Waals surface area contributed by atoms with Gasteiger partial charge in [0.25, 0.3) is 0 Å². The zero-order valence-corrected chi connectivity index (χ0v) is 18.7. The molecule has 7 heteroatoms. The fourth-order valence-corrected chi connectivity index (χ4v) is 4.75. The van der Waals surface area contributed by atoms with Crippen molar-refractivity contribution in [1.82, 2.24) is 0 Å². The lowest BCUT2D eigenvalue weighted by Gasteiger charge is -2.29. The minimum atomic E-state index is -0.223. The average Bonchev–Trinajstić information content (AvgIpc) is 3.12. The molecule has 3 rings (SSSR count). The van der Waals surface area contributed by atoms with Crippen LogP contribution in [0.2, 0.25) is 0 Å². The van der Waals surface area contributed by atoms with Crippen molar-refractivity contribution in [2.75, 3.05) is 20.3 Å². The monoisotopic (exact) mass is 438 g/mol. The lowest BCUT2D eigenvalue weighted by Crippen LogP contribution is -2.32. The van der Waals surface area contributed by atoms with Gasteiger partial charge in [0.05, 0.1) is 19.3 Å². The normalized spacial score (nSPS) is 34.1. The highest BCUT2D eigenvalue weighted by Crippen LogP contribution is 2.40. The highest BCUT2D eigenvalue weighted by Gasteiger charge is 2.46. The summed E-state index contributed by atoms with van der Waals surface area (Å²) in [5, 5.41) is 0. The van der Waals surface area contributed by atoms with E-state index in [1.165, 1.54) is 7.11 Å². The molecule has 0 amide bonds. The van der Waals surface area contributed by atoms with Gasteiger partial charge >= 0.3 is 5.97 Å². The molecule has 0 spiro atoms. The van der Waals surface area contributed by atoms with Gasteiger partial charge in [-0.2, -0.15) is 0 Å². The first-order chi connectivity index (χ1) is 15.2. The number of esters is 1. The second-order valence-electron chi connectivity index (χ2n) is 8.73. The van der Waals surface area contributed by atoms with Gasteiger partial charge in [0.1, 0.15) is 6.29 Å². The summed E-state index contributed by atoms with van der Waals surface area (Å²) in [5.74, 6) is -0.358. The van der Waals surface area contributed by atoms with Gasteiger partial charge in [-0.25, -0.2) is 0 Å². The number of aldehydes is 1. The maximum Gasteiger partial charge on any atom is 0.305 e. The summed E-state index contributed by atoms with van der Waals surface area (Å²) >= 11 is 0. The molecular weight excluding hydrogens is 400 g/mol. The molecule has 0 N–H and O–H groups in total. The minimum absolute atomic E-state index is 0.0495. The maximum atomic E-state index is 12.1. The fourth-order valence-electron chi connectivity index (χ4n) is 4.75. The highest BCUT2D eigenvalue weighted by atomic mass is 16.7. The van der Waals surface area contributed by atoms with Gasteiger partial charge in [0.2, 0.25) is 0 Å². The molecule has 6 atom stereocenters. The van der Waals surface area contributed by atoms with Gasteiger partial charge in [-0.3, -0.25) is 4.79 Å². The van der Waals surface area contributed by atoms with E-state index in [4.69, 9.17) is 18.9 Å². The lowest BCUT2D eigenvalue weighted by molar-refractivity contribution is -0.204. The molecule has 31 heavy (non-hydrogen) atoms. The molecule has 3 aliphatic rings. The third kappa shape index (κ3) is 7.67. The Morgan fingerprint density at radius 2 is 1.65 bits per heavy atom. The molecule has 1 aliphatic carbocycles. The largest absolute Gasteiger partial charge is 0.469 e. The van der Waals surface area contributed by atoms with E-state index < -0.39 is 0 Å². The summed E-state index contributed by atoms with van der Waals surface area (Å²) in [6.45, 7) is 1.45. The zero-order valence-electron chi connectivity index (χ0n) is 18.7. The van der Waals surface area contributed by atoms with E-state index in [1.54, 1.807) is 0 Å². The van der Waals surface area contributed by atoms with Crippen molar-refractivity contribution in [1.29, 1.82) is 0 Å². The van der Waals surface area contributed by atoms with Crippen LogP contribution in [0.5, 0.6) is 0 Å². The lowest BCUT2D eigenvalue weighted by atomic mass is 9.91. The number of methoxy groups -OCH3 is 1. The molecule has 0 aromatic heterocycles. The van der Waals surface area contributed by atoms with E-state index in [9.17, 15) is 9.59 Å². The van der Waals surface area contributed by atoms with Crippen molar-refractivity contribution >= 4 is 12.3 Å². The number of carbonyl (C=O) groups excluding carboxylic acids is 2. The van der Waals surface area contributed by atoms with Gasteiger partial charge in [-0.1, -0.05) is 12.2 Å². The second kappa shape index (κ2) is 13.3. The Hall–Kier alpha value is -1.28. The van der Waals surface area contributed by atoms with Crippen molar-refractivity contribution < 1.29 is 33.3 Å². The maximum absolute atomic E-state index is 12.1. The summed E-state index contributed by atoms with van der Waals surface area (Å²) < 4.78 is 28.8. The van der Waals surface area contributed by atoms with Crippen LogP contribution in [0.25, 0.3) is 0 Å². The van der Waals surface area contributed by atoms with Gasteiger partial charge < -0.3 is 28.5 Å². The molecule has 2 heterocycles. The van der Waals surface area contributed by atoms with Crippen molar-refractivity contribution in [3.8, 4) is 0 Å². The van der Waals surface area contributed by atoms with Crippen LogP contribution in [0.1, 0.15) is 70.6 Å². The second-order valence-corrected chi connectivity index (χ2v) is 8.73. The predicted octanol–water partition coefficient (Wildman–Crippen LogP) is 3.93. The zero-order chi connectivity index (χ0) is 21.9. The smallest absolute Gasteiger partial charge is 0.305 e. The molecule has 0 radical (unpaired) electrons. The Kier molecular flexibility index (Phi) is 10.5. The third-order valence-corrected chi connectivity index (χ3v) is 6.51. The molecule has 7 nitrogen and oxygen atoms in total. The number of ether oxygens (including phenoxy) is 5. The van der Waals surface area contributed by atoms with Gasteiger partial charge in [0, 0.05) is 37.9 Å². The Labute approximate surface area is 185 Å². The molecule has 2 aliphatic heterocycles. The first-order valence-electron chi connectivity index (χ1n) is 11.9. The van der Waals surface area contributed by atoms with Crippen LogP contribution in [0.15, 0.2) is 12.2 Å². The van der Waals surface area contributed by atoms with Crippen molar-refractivity contribution in [3.05, 3.63) is 12.2 Å². The molecule has 0 aromatic rings. The Balaban J connectivity index is 1.57. The molecule has 3 unspecified atom stereocenters. The van der Waals surface area contributed by atoms with Crippen LogP contribution in [0.4, 0.5) is 0 Å². The van der Waals surface area contributed by atoms with Gasteiger partial charge in [-0.05, 0) is 57.8 Å². The van der Waals surface area contributed by atoms with Crippen molar-refractivity contribution in [3.63, 3.8) is 0 Å². The number of allylic oxidation sites excluding steroid dienone is 2. The van der Waals surface area contributed by atoms with Crippen molar-refractivity contribution in [2.24, 2.45) is 11.8 Å². The SMILES string of the molecule is COC(=O)CCC/C=C\C[C@@H]1C(C=O)[C@H](OC2CCCCO2)C[C@@H]1OC1CCCCO1. The van der Waals surface area contributed by atoms with E-state index in [1.807, 2.05) is 0 Å². The van der Waals surface area contributed by atoms with Crippen LogP contribution < -0.4 is 0 Å². The quantitative estimate of drug-likeness (QED) is 0.209. The number of hydrogen-bond donors (Lipinski definition) is 0. The van der Waals surface area contributed by atoms with E-state index in [0.717, 1.165) is 77.3 Å². The summed E-state index contributed by atoms with van der Waals surface area (Å²) in [4.78, 5) is 23.3. The van der Waals surface area contributed by atoms with E-state index in [-0.39, 0.29) is 42.6 Å². The summed E-state index contributed by atoms with van der Waals surface area (Å²) in [5.41, 5.74) is 0. The van der Waals surface area contributed by atoms with Gasteiger partial charge in [-0.15, -0.1) is 0 Å². The fraction of sp³-hybridized carbons (Fsp3) is 0.833.